The number of aryl methyl sites for hydroxylation is 1. The summed E-state index contributed by atoms with van der Waals surface area (Å²) in [5.41, 5.74) is 0. The lowest BCUT2D eigenvalue weighted by Gasteiger charge is -2.05. The third-order valence-electron chi connectivity index (χ3n) is 1.94. The van der Waals surface area contributed by atoms with Crippen LogP contribution in [0.3, 0.4) is 0 Å². The molecule has 0 aliphatic carbocycles. The molecule has 0 aliphatic rings. The molecule has 0 spiro atoms. The summed E-state index contributed by atoms with van der Waals surface area (Å²) < 4.78 is 40.6. The van der Waals surface area contributed by atoms with Crippen LogP contribution in [-0.4, -0.2) is 28.8 Å². The highest BCUT2D eigenvalue weighted by Gasteiger charge is 2.25. The number of unbranched alkanes of at least 4 members (excludes halogenated alkanes) is 1. The number of hydrogen-bond acceptors (Lipinski definition) is 4. The van der Waals surface area contributed by atoms with Gasteiger partial charge in [-0.15, -0.1) is 16.7 Å². The maximum Gasteiger partial charge on any atom is 0.389 e. The first-order valence-electron chi connectivity index (χ1n) is 5.20. The number of aromatic nitrogens is 2. The monoisotopic (exact) mass is 271 g/mol. The third kappa shape index (κ3) is 6.35. The molecule has 0 saturated carbocycles. The third-order valence-corrected chi connectivity index (χ3v) is 2.13. The van der Waals surface area contributed by atoms with Gasteiger partial charge in [-0.25, -0.2) is 0 Å². The number of anilines is 1. The zero-order valence-electron chi connectivity index (χ0n) is 9.06. The Labute approximate surface area is 102 Å². The minimum atomic E-state index is -4.09. The number of nitrogens with one attached hydrogen (secondary N) is 1. The molecule has 1 heterocycles. The van der Waals surface area contributed by atoms with Gasteiger partial charge in [0.1, 0.15) is 0 Å². The van der Waals surface area contributed by atoms with Gasteiger partial charge in [0.15, 0.2) is 0 Å². The number of nitrogens with zero attached hydrogens (tertiary/aromatic N) is 2. The number of alkyl halides is 4. The molecule has 1 aromatic rings. The van der Waals surface area contributed by atoms with E-state index in [-0.39, 0.29) is 12.4 Å². The molecule has 4 nitrogen and oxygen atoms in total. The molecule has 1 aromatic heterocycles. The lowest BCUT2D eigenvalue weighted by molar-refractivity contribution is -0.135. The van der Waals surface area contributed by atoms with E-state index in [9.17, 15) is 13.2 Å². The Kier molecular flexibility index (Phi) is 5.54. The standard InChI is InChI=1S/C9H13ClF3N3O/c10-5-3-7-15-16-8(17-7)14-6-2-1-4-9(11,12)13/h1-6H2,(H,14,16). The fourth-order valence-corrected chi connectivity index (χ4v) is 1.31. The van der Waals surface area contributed by atoms with E-state index in [1.165, 1.54) is 0 Å². The quantitative estimate of drug-likeness (QED) is 0.612. The van der Waals surface area contributed by atoms with Crippen molar-refractivity contribution in [3.05, 3.63) is 5.89 Å². The van der Waals surface area contributed by atoms with Gasteiger partial charge in [-0.1, -0.05) is 5.10 Å². The van der Waals surface area contributed by atoms with Gasteiger partial charge in [0, 0.05) is 25.3 Å². The van der Waals surface area contributed by atoms with E-state index in [0.717, 1.165) is 0 Å². The molecule has 0 bridgehead atoms. The molecule has 0 amide bonds. The Bertz CT molecular complexity index is 330. The van der Waals surface area contributed by atoms with Gasteiger partial charge in [-0.3, -0.25) is 0 Å². The van der Waals surface area contributed by atoms with Gasteiger partial charge in [0.2, 0.25) is 5.89 Å². The van der Waals surface area contributed by atoms with Crippen molar-refractivity contribution in [3.63, 3.8) is 0 Å². The summed E-state index contributed by atoms with van der Waals surface area (Å²) >= 11 is 5.48. The SMILES string of the molecule is FC(F)(F)CCCCNc1nnc(CCCl)o1. The maximum absolute atomic E-state index is 11.8. The largest absolute Gasteiger partial charge is 0.408 e. The predicted octanol–water partition coefficient (Wildman–Crippen LogP) is 3.00. The van der Waals surface area contributed by atoms with Crippen LogP contribution in [0.4, 0.5) is 19.2 Å². The topological polar surface area (TPSA) is 51.0 Å². The van der Waals surface area contributed by atoms with Crippen LogP contribution in [0.5, 0.6) is 0 Å². The second-order valence-corrected chi connectivity index (χ2v) is 3.82. The summed E-state index contributed by atoms with van der Waals surface area (Å²) in [7, 11) is 0. The van der Waals surface area contributed by atoms with Crippen LogP contribution in [0, 0.1) is 0 Å². The average molecular weight is 272 g/mol. The zero-order valence-corrected chi connectivity index (χ0v) is 9.81. The molecule has 98 valence electrons. The van der Waals surface area contributed by atoms with Crippen LogP contribution < -0.4 is 5.32 Å². The number of rotatable bonds is 7. The van der Waals surface area contributed by atoms with E-state index < -0.39 is 12.6 Å². The summed E-state index contributed by atoms with van der Waals surface area (Å²) in [6.07, 6.45) is -3.90. The van der Waals surface area contributed by atoms with E-state index in [1.807, 2.05) is 0 Å². The van der Waals surface area contributed by atoms with Crippen molar-refractivity contribution in [2.75, 3.05) is 17.7 Å². The minimum Gasteiger partial charge on any atom is -0.408 e. The Morgan fingerprint density at radius 2 is 2.00 bits per heavy atom. The lowest BCUT2D eigenvalue weighted by Crippen LogP contribution is -2.08. The second kappa shape index (κ2) is 6.68. The van der Waals surface area contributed by atoms with Crippen molar-refractivity contribution >= 4 is 17.6 Å². The van der Waals surface area contributed by atoms with Gasteiger partial charge in [0.05, 0.1) is 0 Å². The summed E-state index contributed by atoms with van der Waals surface area (Å²) in [6, 6.07) is 0.220. The Morgan fingerprint density at radius 3 is 2.65 bits per heavy atom. The molecule has 0 unspecified atom stereocenters. The van der Waals surface area contributed by atoms with Crippen LogP contribution in [0.2, 0.25) is 0 Å². The Balaban J connectivity index is 2.13. The van der Waals surface area contributed by atoms with Gasteiger partial charge in [-0.2, -0.15) is 13.2 Å². The molecule has 0 aromatic carbocycles. The molecule has 1 rings (SSSR count). The first-order valence-corrected chi connectivity index (χ1v) is 5.73. The molecular weight excluding hydrogens is 259 g/mol. The van der Waals surface area contributed by atoms with Crippen LogP contribution in [0.25, 0.3) is 0 Å². The second-order valence-electron chi connectivity index (χ2n) is 3.44. The molecule has 0 aliphatic heterocycles. The van der Waals surface area contributed by atoms with E-state index >= 15 is 0 Å². The highest BCUT2D eigenvalue weighted by atomic mass is 35.5. The van der Waals surface area contributed by atoms with Gasteiger partial charge in [0.25, 0.3) is 0 Å². The van der Waals surface area contributed by atoms with Crippen LogP contribution in [0.1, 0.15) is 25.2 Å². The maximum atomic E-state index is 11.8. The van der Waals surface area contributed by atoms with Crippen molar-refractivity contribution in [1.29, 1.82) is 0 Å². The smallest absolute Gasteiger partial charge is 0.389 e. The van der Waals surface area contributed by atoms with Crippen LogP contribution in [0.15, 0.2) is 4.42 Å². The molecule has 0 saturated heterocycles. The fourth-order valence-electron chi connectivity index (χ4n) is 1.15. The van der Waals surface area contributed by atoms with Crippen LogP contribution >= 0.6 is 11.6 Å². The molecule has 0 radical (unpaired) electrons. The van der Waals surface area contributed by atoms with Crippen LogP contribution in [-0.2, 0) is 6.42 Å². The summed E-state index contributed by atoms with van der Waals surface area (Å²) in [4.78, 5) is 0. The lowest BCUT2D eigenvalue weighted by atomic mass is 10.2. The van der Waals surface area contributed by atoms with E-state index in [4.69, 9.17) is 16.0 Å². The molecule has 1 N–H and O–H groups in total. The van der Waals surface area contributed by atoms with Crippen molar-refractivity contribution in [2.24, 2.45) is 0 Å². The van der Waals surface area contributed by atoms with E-state index in [2.05, 4.69) is 15.5 Å². The Hall–Kier alpha value is -0.980. The summed E-state index contributed by atoms with van der Waals surface area (Å²) in [5, 5.41) is 10.1. The van der Waals surface area contributed by atoms with E-state index in [0.29, 0.717) is 31.2 Å². The van der Waals surface area contributed by atoms with E-state index in [1.54, 1.807) is 0 Å². The van der Waals surface area contributed by atoms with Crippen molar-refractivity contribution in [3.8, 4) is 0 Å². The first-order chi connectivity index (χ1) is 8.01. The Morgan fingerprint density at radius 1 is 1.24 bits per heavy atom. The molecule has 0 fully saturated rings. The normalized spacial score (nSPS) is 11.8. The fraction of sp³-hybridized carbons (Fsp3) is 0.778. The summed E-state index contributed by atoms with van der Waals surface area (Å²) in [5.74, 6) is 0.797. The number of hydrogen-bond donors (Lipinski definition) is 1. The average Bonchev–Trinajstić information content (AvgIpc) is 2.64. The zero-order chi connectivity index (χ0) is 12.7. The van der Waals surface area contributed by atoms with Crippen molar-refractivity contribution in [1.82, 2.24) is 10.2 Å². The first kappa shape index (κ1) is 14.1. The summed E-state index contributed by atoms with van der Waals surface area (Å²) in [6.45, 7) is 0.374. The van der Waals surface area contributed by atoms with Gasteiger partial charge in [-0.05, 0) is 12.8 Å². The minimum absolute atomic E-state index is 0.0825. The van der Waals surface area contributed by atoms with Crippen molar-refractivity contribution < 1.29 is 17.6 Å². The van der Waals surface area contributed by atoms with Gasteiger partial charge < -0.3 is 9.73 Å². The molecule has 0 atom stereocenters. The highest BCUT2D eigenvalue weighted by Crippen LogP contribution is 2.22. The highest BCUT2D eigenvalue weighted by molar-refractivity contribution is 6.17. The number of halogens is 4. The van der Waals surface area contributed by atoms with Crippen molar-refractivity contribution in [2.45, 2.75) is 31.9 Å². The predicted molar refractivity (Wildman–Crippen MR) is 57.1 cm³/mol. The van der Waals surface area contributed by atoms with Gasteiger partial charge >= 0.3 is 12.2 Å². The molecule has 17 heavy (non-hydrogen) atoms. The molecule has 8 heteroatoms. The molecular formula is C9H13ClF3N3O.